The van der Waals surface area contributed by atoms with Crippen molar-refractivity contribution in [3.63, 3.8) is 0 Å². The standard InChI is InChI=1S/C36H47F3N4O3.3ClH/c1-5-43-33(20-29(41-43)17-24-9-11-30(12-10-24)46-35(38)39)25-13-15-42(16-14-25)23-27-19-31(45-34(44)22-40-36(2,3)4)21-32(27)26-7-6-8-28(37)18-26;;;/h6-12,18,20,25,27,31-32,35,40H,5,13-17,19,21-23H2,1-4H3;3*1H/t27-,31+,32-;;;/m1.../s1. The molecule has 1 N–H and O–H groups in total. The summed E-state index contributed by atoms with van der Waals surface area (Å²) in [5.41, 5.74) is 3.99. The smallest absolute Gasteiger partial charge is 0.387 e. The molecule has 3 atom stereocenters. The van der Waals surface area contributed by atoms with Gasteiger partial charge in [-0.25, -0.2) is 4.39 Å². The molecule has 0 unspecified atom stereocenters. The molecule has 0 radical (unpaired) electrons. The average Bonchev–Trinajstić information content (AvgIpc) is 3.60. The zero-order chi connectivity index (χ0) is 32.8. The van der Waals surface area contributed by atoms with Crippen LogP contribution >= 0.6 is 37.2 Å². The number of aryl methyl sites for hydroxylation is 1. The number of likely N-dealkylation sites (tertiary alicyclic amines) is 1. The molecule has 274 valence electrons. The van der Waals surface area contributed by atoms with Gasteiger partial charge in [0, 0.05) is 36.7 Å². The molecule has 1 saturated heterocycles. The number of ether oxygens (including phenoxy) is 2. The van der Waals surface area contributed by atoms with Gasteiger partial charge in [0.05, 0.1) is 12.2 Å². The molecule has 1 aliphatic carbocycles. The second kappa shape index (κ2) is 19.2. The molecule has 0 spiro atoms. The Morgan fingerprint density at radius 2 is 1.71 bits per heavy atom. The number of aromatic nitrogens is 2. The zero-order valence-electron chi connectivity index (χ0n) is 28.6. The minimum absolute atomic E-state index is 0. The first-order valence-corrected chi connectivity index (χ1v) is 16.5. The highest BCUT2D eigenvalue weighted by Gasteiger charge is 2.39. The highest BCUT2D eigenvalue weighted by Crippen LogP contribution is 2.42. The molecule has 13 heteroatoms. The molecule has 2 heterocycles. The fourth-order valence-electron chi connectivity index (χ4n) is 6.98. The fourth-order valence-corrected chi connectivity index (χ4v) is 6.98. The Kier molecular flexibility index (Phi) is 16.7. The number of alkyl halides is 2. The van der Waals surface area contributed by atoms with Crippen molar-refractivity contribution >= 4 is 43.2 Å². The number of carbonyl (C=O) groups excluding carboxylic acids is 1. The number of nitrogens with zero attached hydrogens (tertiary/aromatic N) is 3. The number of benzene rings is 2. The van der Waals surface area contributed by atoms with Crippen LogP contribution in [0.1, 0.15) is 87.7 Å². The highest BCUT2D eigenvalue weighted by atomic mass is 35.5. The van der Waals surface area contributed by atoms with Gasteiger partial charge in [0.1, 0.15) is 17.7 Å². The lowest BCUT2D eigenvalue weighted by Crippen LogP contribution is -2.40. The molecule has 1 aliphatic heterocycles. The Balaban J connectivity index is 0.00000278. The molecule has 1 aromatic heterocycles. The quantitative estimate of drug-likeness (QED) is 0.189. The molecule has 0 amide bonds. The van der Waals surface area contributed by atoms with Gasteiger partial charge in [-0.1, -0.05) is 24.3 Å². The van der Waals surface area contributed by atoms with E-state index < -0.39 is 6.61 Å². The third-order valence-electron chi connectivity index (χ3n) is 9.18. The van der Waals surface area contributed by atoms with Crippen LogP contribution < -0.4 is 10.1 Å². The number of hydrogen-bond acceptors (Lipinski definition) is 6. The van der Waals surface area contributed by atoms with E-state index in [2.05, 4.69) is 32.6 Å². The third-order valence-corrected chi connectivity index (χ3v) is 9.18. The van der Waals surface area contributed by atoms with Gasteiger partial charge in [0.15, 0.2) is 0 Å². The minimum atomic E-state index is -2.84. The first kappa shape index (κ1) is 42.7. The molecule has 0 bridgehead atoms. The minimum Gasteiger partial charge on any atom is -0.461 e. The lowest BCUT2D eigenvalue weighted by molar-refractivity contribution is -0.148. The normalized spacial score (nSPS) is 19.9. The number of carbonyl (C=O) groups is 1. The molecule has 3 aromatic rings. The number of esters is 1. The average molecular weight is 750 g/mol. The van der Waals surface area contributed by atoms with Crippen LogP contribution in [-0.2, 0) is 22.5 Å². The van der Waals surface area contributed by atoms with Crippen LogP contribution in [0.3, 0.4) is 0 Å². The van der Waals surface area contributed by atoms with Crippen LogP contribution in [-0.4, -0.2) is 65.1 Å². The highest BCUT2D eigenvalue weighted by molar-refractivity contribution is 5.86. The van der Waals surface area contributed by atoms with Gasteiger partial charge in [-0.3, -0.25) is 9.48 Å². The van der Waals surface area contributed by atoms with Crippen LogP contribution in [0.4, 0.5) is 13.2 Å². The summed E-state index contributed by atoms with van der Waals surface area (Å²) in [6, 6.07) is 15.8. The van der Waals surface area contributed by atoms with Crippen LogP contribution in [0, 0.1) is 11.7 Å². The predicted molar refractivity (Wildman–Crippen MR) is 193 cm³/mol. The largest absolute Gasteiger partial charge is 0.461 e. The number of piperidine rings is 1. The lowest BCUT2D eigenvalue weighted by atomic mass is 9.87. The first-order chi connectivity index (χ1) is 22.0. The Morgan fingerprint density at radius 3 is 2.33 bits per heavy atom. The van der Waals surface area contributed by atoms with Crippen LogP contribution in [0.2, 0.25) is 0 Å². The Hall–Kier alpha value is -2.50. The summed E-state index contributed by atoms with van der Waals surface area (Å²) in [6.07, 6.45) is 3.93. The van der Waals surface area contributed by atoms with Gasteiger partial charge in [0.25, 0.3) is 0 Å². The summed E-state index contributed by atoms with van der Waals surface area (Å²) in [4.78, 5) is 15.1. The number of nitrogens with one attached hydrogen (secondary N) is 1. The van der Waals surface area contributed by atoms with Gasteiger partial charge < -0.3 is 19.7 Å². The predicted octanol–water partition coefficient (Wildman–Crippen LogP) is 8.17. The van der Waals surface area contributed by atoms with E-state index >= 15 is 0 Å². The summed E-state index contributed by atoms with van der Waals surface area (Å²) in [5, 5.41) is 8.06. The maximum Gasteiger partial charge on any atom is 0.387 e. The Morgan fingerprint density at radius 1 is 1.02 bits per heavy atom. The topological polar surface area (TPSA) is 68.6 Å². The molecule has 5 rings (SSSR count). The van der Waals surface area contributed by atoms with Crippen molar-refractivity contribution < 1.29 is 27.4 Å². The van der Waals surface area contributed by atoms with Crippen LogP contribution in [0.5, 0.6) is 5.75 Å². The molecule has 2 aliphatic rings. The van der Waals surface area contributed by atoms with Gasteiger partial charge >= 0.3 is 12.6 Å². The van der Waals surface area contributed by atoms with E-state index in [4.69, 9.17) is 9.84 Å². The molecule has 7 nitrogen and oxygen atoms in total. The molecule has 49 heavy (non-hydrogen) atoms. The van der Waals surface area contributed by atoms with Crippen molar-refractivity contribution in [2.75, 3.05) is 26.2 Å². The van der Waals surface area contributed by atoms with Gasteiger partial charge in [-0.15, -0.1) is 37.2 Å². The SMILES string of the molecule is CCn1nc(Cc2ccc(OC(F)F)cc2)cc1C1CCN(C[C@H]2C[C@H](OC(=O)CNC(C)(C)C)C[C@@H]2c2cccc(F)c2)CC1.Cl.Cl.Cl. The first-order valence-electron chi connectivity index (χ1n) is 16.5. The number of hydrogen-bond donors (Lipinski definition) is 1. The van der Waals surface area contributed by atoms with Crippen molar-refractivity contribution in [2.45, 2.75) is 96.4 Å². The molecule has 2 fully saturated rings. The van der Waals surface area contributed by atoms with Crippen molar-refractivity contribution in [3.8, 4) is 5.75 Å². The monoisotopic (exact) mass is 748 g/mol. The van der Waals surface area contributed by atoms with E-state index in [1.165, 1.54) is 11.8 Å². The van der Waals surface area contributed by atoms with E-state index in [0.717, 1.165) is 62.3 Å². The van der Waals surface area contributed by atoms with Crippen LogP contribution in [0.25, 0.3) is 0 Å². The lowest BCUT2D eigenvalue weighted by Gasteiger charge is -2.35. The third kappa shape index (κ3) is 12.3. The second-order valence-electron chi connectivity index (χ2n) is 13.8. The Labute approximate surface area is 306 Å². The second-order valence-corrected chi connectivity index (χ2v) is 13.8. The van der Waals surface area contributed by atoms with E-state index in [9.17, 15) is 18.0 Å². The number of halogens is 6. The summed E-state index contributed by atoms with van der Waals surface area (Å²) in [6.45, 7) is 9.04. The zero-order valence-corrected chi connectivity index (χ0v) is 31.0. The summed E-state index contributed by atoms with van der Waals surface area (Å²) in [7, 11) is 0. The van der Waals surface area contributed by atoms with E-state index in [1.807, 2.05) is 26.8 Å². The Bertz CT molecular complexity index is 1450. The molecule has 2 aromatic carbocycles. The maximum atomic E-state index is 14.2. The number of rotatable bonds is 12. The van der Waals surface area contributed by atoms with E-state index in [-0.39, 0.29) is 84.8 Å². The van der Waals surface area contributed by atoms with Crippen molar-refractivity contribution in [1.29, 1.82) is 0 Å². The maximum absolute atomic E-state index is 14.2. The summed E-state index contributed by atoms with van der Waals surface area (Å²) >= 11 is 0. The fraction of sp³-hybridized carbons (Fsp3) is 0.556. The van der Waals surface area contributed by atoms with Crippen molar-refractivity contribution in [1.82, 2.24) is 20.0 Å². The van der Waals surface area contributed by atoms with Gasteiger partial charge in [-0.2, -0.15) is 13.9 Å². The molecular formula is C36H50Cl3F3N4O3. The van der Waals surface area contributed by atoms with E-state index in [0.29, 0.717) is 18.8 Å². The molecule has 1 saturated carbocycles. The van der Waals surface area contributed by atoms with Crippen molar-refractivity contribution in [3.05, 3.63) is 82.9 Å². The van der Waals surface area contributed by atoms with Crippen molar-refractivity contribution in [2.24, 2.45) is 5.92 Å². The van der Waals surface area contributed by atoms with Gasteiger partial charge in [-0.05, 0) is 120 Å². The van der Waals surface area contributed by atoms with E-state index in [1.54, 1.807) is 36.4 Å². The summed E-state index contributed by atoms with van der Waals surface area (Å²) < 4.78 is 51.7. The van der Waals surface area contributed by atoms with Gasteiger partial charge in [0.2, 0.25) is 0 Å². The van der Waals surface area contributed by atoms with Crippen LogP contribution in [0.15, 0.2) is 54.6 Å². The molecular weight excluding hydrogens is 700 g/mol. The summed E-state index contributed by atoms with van der Waals surface area (Å²) in [5.74, 6) is 0.445.